The molecule has 0 unspecified atom stereocenters. The van der Waals surface area contributed by atoms with Crippen LogP contribution in [0.3, 0.4) is 0 Å². The highest BCUT2D eigenvalue weighted by molar-refractivity contribution is 5.16. The van der Waals surface area contributed by atoms with Crippen molar-refractivity contribution < 1.29 is 4.92 Å². The van der Waals surface area contributed by atoms with Crippen molar-refractivity contribution >= 4 is 0 Å². The molecule has 0 radical (unpaired) electrons. The zero-order chi connectivity index (χ0) is 19.1. The van der Waals surface area contributed by atoms with E-state index in [9.17, 15) is 10.1 Å². The summed E-state index contributed by atoms with van der Waals surface area (Å²) < 4.78 is 0. The molecule has 144 valence electrons. The first-order chi connectivity index (χ1) is 13.1. The molecule has 0 aromatic heterocycles. The van der Waals surface area contributed by atoms with Gasteiger partial charge in [-0.05, 0) is 17.7 Å². The molecule has 27 heavy (non-hydrogen) atoms. The third-order valence-electron chi connectivity index (χ3n) is 5.26. The molecule has 2 N–H and O–H groups in total. The van der Waals surface area contributed by atoms with Gasteiger partial charge in [-0.25, -0.2) is 0 Å². The van der Waals surface area contributed by atoms with Crippen molar-refractivity contribution in [3.8, 4) is 0 Å². The zero-order valence-electron chi connectivity index (χ0n) is 15.7. The van der Waals surface area contributed by atoms with Gasteiger partial charge in [-0.3, -0.25) is 19.9 Å². The molecule has 0 saturated carbocycles. The maximum Gasteiger partial charge on any atom is 0.248 e. The molecular weight excluding hydrogens is 340 g/mol. The molecule has 3 rings (SSSR count). The highest BCUT2D eigenvalue weighted by Crippen LogP contribution is 2.24. The fourth-order valence-electron chi connectivity index (χ4n) is 3.91. The monoisotopic (exact) mass is 368 g/mol. The number of nitrogens with two attached hydrogens (primary N) is 1. The molecule has 0 atom stereocenters. The first-order valence-corrected chi connectivity index (χ1v) is 9.48. The summed E-state index contributed by atoms with van der Waals surface area (Å²) in [6, 6.07) is 20.3. The zero-order valence-corrected chi connectivity index (χ0v) is 15.7. The number of hydrogen-bond acceptors (Lipinski definition) is 5. The molecule has 1 saturated heterocycles. The molecule has 0 aliphatic carbocycles. The average molecular weight is 368 g/mol. The molecule has 2 aromatic carbocycles. The largest absolute Gasteiger partial charge is 0.330 e. The van der Waals surface area contributed by atoms with Crippen molar-refractivity contribution in [2.75, 3.05) is 32.7 Å². The summed E-state index contributed by atoms with van der Waals surface area (Å²) in [6.07, 6.45) is 0.385. The lowest BCUT2D eigenvalue weighted by atomic mass is 9.94. The third-order valence-corrected chi connectivity index (χ3v) is 5.26. The van der Waals surface area contributed by atoms with Gasteiger partial charge >= 0.3 is 0 Å². The second-order valence-electron chi connectivity index (χ2n) is 7.41. The van der Waals surface area contributed by atoms with Gasteiger partial charge in [-0.15, -0.1) is 0 Å². The molecule has 1 aliphatic rings. The average Bonchev–Trinajstić information content (AvgIpc) is 2.84. The summed E-state index contributed by atoms with van der Waals surface area (Å²) in [5, 5.41) is 12.1. The van der Waals surface area contributed by atoms with Gasteiger partial charge in [0.1, 0.15) is 0 Å². The molecule has 1 fully saturated rings. The molecule has 0 spiro atoms. The first-order valence-electron chi connectivity index (χ1n) is 9.48. The maximum absolute atomic E-state index is 12.1. The van der Waals surface area contributed by atoms with Crippen molar-refractivity contribution in [2.24, 2.45) is 5.73 Å². The second kappa shape index (κ2) is 9.08. The fourth-order valence-corrected chi connectivity index (χ4v) is 3.91. The lowest BCUT2D eigenvalue weighted by Gasteiger charge is -2.30. The van der Waals surface area contributed by atoms with Crippen LogP contribution < -0.4 is 5.73 Å². The smallest absolute Gasteiger partial charge is 0.248 e. The van der Waals surface area contributed by atoms with Gasteiger partial charge in [0.2, 0.25) is 5.54 Å². The molecule has 6 heteroatoms. The molecule has 2 aromatic rings. The normalized spacial score (nSPS) is 18.1. The van der Waals surface area contributed by atoms with E-state index >= 15 is 0 Å². The standard InChI is InChI=1S/C21H28N4O2/c22-12-11-21(25(26)27)17-23(15-19-7-3-1-4-8-19)13-14-24(18-21)16-20-9-5-2-6-10-20/h1-10H,11-18,22H2. The van der Waals surface area contributed by atoms with Crippen LogP contribution in [0.1, 0.15) is 17.5 Å². The fraction of sp³-hybridized carbons (Fsp3) is 0.429. The summed E-state index contributed by atoms with van der Waals surface area (Å²) in [7, 11) is 0. The Morgan fingerprint density at radius 3 is 1.70 bits per heavy atom. The van der Waals surface area contributed by atoms with Crippen LogP contribution in [0.15, 0.2) is 60.7 Å². The van der Waals surface area contributed by atoms with Crippen LogP contribution in [-0.2, 0) is 13.1 Å². The Labute approximate surface area is 160 Å². The van der Waals surface area contributed by atoms with Gasteiger partial charge in [0.25, 0.3) is 0 Å². The van der Waals surface area contributed by atoms with Crippen LogP contribution in [0.4, 0.5) is 0 Å². The van der Waals surface area contributed by atoms with Gasteiger partial charge in [-0.2, -0.15) is 0 Å². The van der Waals surface area contributed by atoms with Gasteiger partial charge < -0.3 is 5.73 Å². The van der Waals surface area contributed by atoms with E-state index in [4.69, 9.17) is 5.73 Å². The molecular formula is C21H28N4O2. The van der Waals surface area contributed by atoms with E-state index in [0.29, 0.717) is 26.1 Å². The minimum absolute atomic E-state index is 0.0961. The number of rotatable bonds is 7. The number of nitrogens with zero attached hydrogens (tertiary/aromatic N) is 3. The second-order valence-corrected chi connectivity index (χ2v) is 7.41. The van der Waals surface area contributed by atoms with E-state index in [-0.39, 0.29) is 4.92 Å². The highest BCUT2D eigenvalue weighted by Gasteiger charge is 2.46. The number of benzene rings is 2. The van der Waals surface area contributed by atoms with Crippen molar-refractivity contribution in [2.45, 2.75) is 25.0 Å². The lowest BCUT2D eigenvalue weighted by molar-refractivity contribution is -0.571. The van der Waals surface area contributed by atoms with Crippen LogP contribution >= 0.6 is 0 Å². The Balaban J connectivity index is 1.80. The summed E-state index contributed by atoms with van der Waals surface area (Å²) in [5.41, 5.74) is 7.11. The van der Waals surface area contributed by atoms with E-state index in [1.807, 2.05) is 36.4 Å². The van der Waals surface area contributed by atoms with E-state index in [0.717, 1.165) is 26.2 Å². The Bertz CT molecular complexity index is 672. The maximum atomic E-state index is 12.1. The summed E-state index contributed by atoms with van der Waals surface area (Å²) in [5.74, 6) is 0. The molecule has 6 nitrogen and oxygen atoms in total. The topological polar surface area (TPSA) is 75.6 Å². The van der Waals surface area contributed by atoms with E-state index in [1.165, 1.54) is 11.1 Å². The molecule has 0 amide bonds. The van der Waals surface area contributed by atoms with Crippen molar-refractivity contribution in [1.29, 1.82) is 0 Å². The van der Waals surface area contributed by atoms with E-state index < -0.39 is 5.54 Å². The lowest BCUT2D eigenvalue weighted by Crippen LogP contribution is -2.53. The summed E-state index contributed by atoms with van der Waals surface area (Å²) >= 11 is 0. The minimum Gasteiger partial charge on any atom is -0.330 e. The number of nitro groups is 1. The Hall–Kier alpha value is -2.28. The van der Waals surface area contributed by atoms with E-state index in [1.54, 1.807) is 0 Å². The predicted molar refractivity (Wildman–Crippen MR) is 107 cm³/mol. The summed E-state index contributed by atoms with van der Waals surface area (Å²) in [4.78, 5) is 16.4. The molecule has 0 bridgehead atoms. The number of hydrogen-bond donors (Lipinski definition) is 1. The third kappa shape index (κ3) is 5.13. The van der Waals surface area contributed by atoms with Gasteiger partial charge in [0.15, 0.2) is 0 Å². The Kier molecular flexibility index (Phi) is 6.55. The minimum atomic E-state index is -1.03. The predicted octanol–water partition coefficient (Wildman–Crippen LogP) is 2.37. The van der Waals surface area contributed by atoms with Gasteiger partial charge in [-0.1, -0.05) is 60.7 Å². The quantitative estimate of drug-likeness (QED) is 0.600. The molecule has 1 aliphatic heterocycles. The highest BCUT2D eigenvalue weighted by atomic mass is 16.6. The van der Waals surface area contributed by atoms with Crippen LogP contribution in [-0.4, -0.2) is 53.0 Å². The van der Waals surface area contributed by atoms with Crippen LogP contribution in [0.2, 0.25) is 0 Å². The summed E-state index contributed by atoms with van der Waals surface area (Å²) in [6.45, 7) is 4.23. The van der Waals surface area contributed by atoms with E-state index in [2.05, 4.69) is 34.1 Å². The molecule has 1 heterocycles. The van der Waals surface area contributed by atoms with Crippen molar-refractivity contribution in [1.82, 2.24) is 9.80 Å². The Morgan fingerprint density at radius 1 is 0.889 bits per heavy atom. The van der Waals surface area contributed by atoms with Crippen LogP contribution in [0.5, 0.6) is 0 Å². The first kappa shape index (κ1) is 19.5. The van der Waals surface area contributed by atoms with Gasteiger partial charge in [0.05, 0.1) is 13.1 Å². The Morgan fingerprint density at radius 2 is 1.33 bits per heavy atom. The SMILES string of the molecule is NCCC1([N+](=O)[O-])CN(Cc2ccccc2)CCN(Cc2ccccc2)C1. The van der Waals surface area contributed by atoms with Crippen molar-refractivity contribution in [3.63, 3.8) is 0 Å². The van der Waals surface area contributed by atoms with Crippen LogP contribution in [0, 0.1) is 10.1 Å². The van der Waals surface area contributed by atoms with Gasteiger partial charge in [0, 0.05) is 37.5 Å². The van der Waals surface area contributed by atoms with Crippen molar-refractivity contribution in [3.05, 3.63) is 81.9 Å². The van der Waals surface area contributed by atoms with Crippen LogP contribution in [0.25, 0.3) is 0 Å².